The molecule has 0 saturated carbocycles. The zero-order chi connectivity index (χ0) is 26.2. The SMILES string of the molecule is N=C(N=C(c1ccc[nH]1)N1CCOCC1)c1ccc(NC(=O)N(Cc2ccccc2)c2cccnc2)cc1. The molecular weight excluding hydrogens is 478 g/mol. The van der Waals surface area contributed by atoms with Crippen molar-refractivity contribution in [2.24, 2.45) is 4.99 Å². The Balaban J connectivity index is 1.31. The molecule has 1 saturated heterocycles. The molecule has 2 aromatic heterocycles. The van der Waals surface area contributed by atoms with Crippen molar-refractivity contribution in [3.63, 3.8) is 0 Å². The maximum absolute atomic E-state index is 13.3. The third kappa shape index (κ3) is 6.13. The summed E-state index contributed by atoms with van der Waals surface area (Å²) in [7, 11) is 0. The number of morpholine rings is 1. The van der Waals surface area contributed by atoms with Gasteiger partial charge in [-0.25, -0.2) is 9.79 Å². The van der Waals surface area contributed by atoms with Crippen molar-refractivity contribution in [1.29, 1.82) is 5.41 Å². The van der Waals surface area contributed by atoms with Gasteiger partial charge in [0.15, 0.2) is 11.7 Å². The first-order valence-electron chi connectivity index (χ1n) is 12.4. The third-order valence-electron chi connectivity index (χ3n) is 6.16. The molecule has 9 heteroatoms. The van der Waals surface area contributed by atoms with E-state index < -0.39 is 0 Å². The van der Waals surface area contributed by atoms with Gasteiger partial charge in [0.25, 0.3) is 0 Å². The number of aromatic nitrogens is 2. The Labute approximate surface area is 221 Å². The molecule has 3 heterocycles. The molecule has 0 atom stereocenters. The van der Waals surface area contributed by atoms with Gasteiger partial charge in [0.2, 0.25) is 0 Å². The zero-order valence-electron chi connectivity index (χ0n) is 20.9. The lowest BCUT2D eigenvalue weighted by molar-refractivity contribution is 0.0682. The summed E-state index contributed by atoms with van der Waals surface area (Å²) >= 11 is 0. The lowest BCUT2D eigenvalue weighted by Gasteiger charge is -2.29. The van der Waals surface area contributed by atoms with Crippen LogP contribution in [0.4, 0.5) is 16.2 Å². The number of rotatable bonds is 6. The second-order valence-corrected chi connectivity index (χ2v) is 8.76. The number of ether oxygens (including phenoxy) is 1. The van der Waals surface area contributed by atoms with Crippen LogP contribution in [0.5, 0.6) is 0 Å². The van der Waals surface area contributed by atoms with Gasteiger partial charge in [-0.3, -0.25) is 15.3 Å². The molecular formula is C29H29N7O2. The van der Waals surface area contributed by atoms with Crippen molar-refractivity contribution in [3.8, 4) is 0 Å². The van der Waals surface area contributed by atoms with Crippen LogP contribution < -0.4 is 10.2 Å². The first kappa shape index (κ1) is 24.9. The summed E-state index contributed by atoms with van der Waals surface area (Å²) in [6.07, 6.45) is 5.19. The summed E-state index contributed by atoms with van der Waals surface area (Å²) in [5.74, 6) is 0.855. The fraction of sp³-hybridized carbons (Fsp3) is 0.172. The minimum absolute atomic E-state index is 0.139. The molecule has 9 nitrogen and oxygen atoms in total. The average Bonchev–Trinajstić information content (AvgIpc) is 3.51. The molecule has 0 radical (unpaired) electrons. The minimum Gasteiger partial charge on any atom is -0.378 e. The predicted octanol–water partition coefficient (Wildman–Crippen LogP) is 4.75. The fourth-order valence-electron chi connectivity index (χ4n) is 4.18. The molecule has 0 unspecified atom stereocenters. The Morgan fingerprint density at radius 1 is 1.03 bits per heavy atom. The number of nitrogens with one attached hydrogen (secondary N) is 3. The lowest BCUT2D eigenvalue weighted by atomic mass is 10.2. The molecule has 3 N–H and O–H groups in total. The number of anilines is 2. The van der Waals surface area contributed by atoms with E-state index in [0.717, 1.165) is 11.3 Å². The summed E-state index contributed by atoms with van der Waals surface area (Å²) in [6, 6.07) is 24.2. The number of hydrogen-bond acceptors (Lipinski definition) is 4. The fourth-order valence-corrected chi connectivity index (χ4v) is 4.18. The highest BCUT2D eigenvalue weighted by atomic mass is 16.5. The monoisotopic (exact) mass is 507 g/mol. The second-order valence-electron chi connectivity index (χ2n) is 8.76. The molecule has 38 heavy (non-hydrogen) atoms. The van der Waals surface area contributed by atoms with Crippen LogP contribution in [0, 0.1) is 5.41 Å². The largest absolute Gasteiger partial charge is 0.378 e. The van der Waals surface area contributed by atoms with Crippen LogP contribution in [0.2, 0.25) is 0 Å². The minimum atomic E-state index is -0.274. The molecule has 0 bridgehead atoms. The number of carbonyl (C=O) groups is 1. The van der Waals surface area contributed by atoms with Crippen LogP contribution in [-0.2, 0) is 11.3 Å². The molecule has 0 spiro atoms. The van der Waals surface area contributed by atoms with Crippen molar-refractivity contribution in [1.82, 2.24) is 14.9 Å². The number of nitrogens with zero attached hydrogens (tertiary/aromatic N) is 4. The van der Waals surface area contributed by atoms with Gasteiger partial charge >= 0.3 is 6.03 Å². The Kier molecular flexibility index (Phi) is 7.86. The van der Waals surface area contributed by atoms with E-state index in [1.807, 2.05) is 54.7 Å². The topological polar surface area (TPSA) is 110 Å². The predicted molar refractivity (Wildman–Crippen MR) is 149 cm³/mol. The Morgan fingerprint density at radius 2 is 1.82 bits per heavy atom. The van der Waals surface area contributed by atoms with Crippen LogP contribution in [-0.4, -0.2) is 58.9 Å². The van der Waals surface area contributed by atoms with Gasteiger partial charge in [0, 0.05) is 36.7 Å². The number of pyridine rings is 1. The number of aromatic amines is 1. The summed E-state index contributed by atoms with van der Waals surface area (Å²) in [5, 5.41) is 11.6. The Bertz CT molecular complexity index is 1370. The number of carbonyl (C=O) groups excluding carboxylic acids is 1. The van der Waals surface area contributed by atoms with Gasteiger partial charge in [0.1, 0.15) is 0 Å². The summed E-state index contributed by atoms with van der Waals surface area (Å²) in [5.41, 5.74) is 3.83. The molecule has 1 fully saturated rings. The van der Waals surface area contributed by atoms with Crippen LogP contribution in [0.3, 0.4) is 0 Å². The highest BCUT2D eigenvalue weighted by molar-refractivity contribution is 6.10. The van der Waals surface area contributed by atoms with Gasteiger partial charge < -0.3 is 19.9 Å². The molecule has 1 aliphatic heterocycles. The van der Waals surface area contributed by atoms with E-state index >= 15 is 0 Å². The number of H-pyrrole nitrogens is 1. The molecule has 4 aromatic rings. The van der Waals surface area contributed by atoms with Crippen LogP contribution >= 0.6 is 0 Å². The molecule has 2 amide bonds. The van der Waals surface area contributed by atoms with Crippen LogP contribution in [0.1, 0.15) is 16.8 Å². The summed E-state index contributed by atoms with van der Waals surface area (Å²) in [6.45, 7) is 3.08. The van der Waals surface area contributed by atoms with Crippen molar-refractivity contribution >= 4 is 29.1 Å². The van der Waals surface area contributed by atoms with E-state index in [1.165, 1.54) is 0 Å². The quantitative estimate of drug-likeness (QED) is 0.258. The van der Waals surface area contributed by atoms with Crippen molar-refractivity contribution in [3.05, 3.63) is 114 Å². The van der Waals surface area contributed by atoms with Crippen molar-refractivity contribution in [2.45, 2.75) is 6.54 Å². The normalized spacial score (nSPS) is 13.7. The number of aliphatic imine (C=N–C) groups is 1. The van der Waals surface area contributed by atoms with Crippen molar-refractivity contribution in [2.75, 3.05) is 36.5 Å². The third-order valence-corrected chi connectivity index (χ3v) is 6.16. The van der Waals surface area contributed by atoms with E-state index in [4.69, 9.17) is 10.1 Å². The first-order chi connectivity index (χ1) is 18.7. The van der Waals surface area contributed by atoms with E-state index in [0.29, 0.717) is 55.6 Å². The van der Waals surface area contributed by atoms with Gasteiger partial charge in [-0.2, -0.15) is 0 Å². The van der Waals surface area contributed by atoms with Gasteiger partial charge in [-0.05, 0) is 54.1 Å². The van der Waals surface area contributed by atoms with E-state index in [2.05, 4.69) is 25.2 Å². The van der Waals surface area contributed by atoms with Crippen molar-refractivity contribution < 1.29 is 9.53 Å². The van der Waals surface area contributed by atoms with Crippen LogP contribution in [0.25, 0.3) is 0 Å². The maximum atomic E-state index is 13.3. The summed E-state index contributed by atoms with van der Waals surface area (Å²) < 4.78 is 5.48. The number of amidine groups is 2. The molecule has 192 valence electrons. The second kappa shape index (κ2) is 12.0. The number of hydrogen-bond donors (Lipinski definition) is 3. The summed E-state index contributed by atoms with van der Waals surface area (Å²) in [4.78, 5) is 29.1. The average molecular weight is 508 g/mol. The Morgan fingerprint density at radius 3 is 2.50 bits per heavy atom. The van der Waals surface area contributed by atoms with E-state index in [9.17, 15) is 4.79 Å². The van der Waals surface area contributed by atoms with Gasteiger partial charge in [-0.1, -0.05) is 30.3 Å². The molecule has 5 rings (SSSR count). The van der Waals surface area contributed by atoms with E-state index in [1.54, 1.807) is 47.6 Å². The van der Waals surface area contributed by atoms with Gasteiger partial charge in [0.05, 0.1) is 37.3 Å². The van der Waals surface area contributed by atoms with Gasteiger partial charge in [-0.15, -0.1) is 0 Å². The van der Waals surface area contributed by atoms with Crippen LogP contribution in [0.15, 0.2) is 102 Å². The highest BCUT2D eigenvalue weighted by Gasteiger charge is 2.19. The standard InChI is InChI=1S/C29H29N7O2/c30-27(34-28(26-9-5-15-32-26)35-16-18-38-19-17-35)23-10-12-24(13-11-23)33-29(37)36(25-8-4-14-31-20-25)21-22-6-2-1-3-7-22/h1-15,20,30,32H,16-19,21H2,(H,33,37). The Hall–Kier alpha value is -4.76. The smallest absolute Gasteiger partial charge is 0.326 e. The molecule has 2 aromatic carbocycles. The molecule has 0 aliphatic carbocycles. The highest BCUT2D eigenvalue weighted by Crippen LogP contribution is 2.19. The lowest BCUT2D eigenvalue weighted by Crippen LogP contribution is -2.41. The van der Waals surface area contributed by atoms with E-state index in [-0.39, 0.29) is 11.9 Å². The number of amides is 2. The number of benzene rings is 2. The zero-order valence-corrected chi connectivity index (χ0v) is 20.9. The molecule has 1 aliphatic rings. The maximum Gasteiger partial charge on any atom is 0.326 e. The number of urea groups is 1. The first-order valence-corrected chi connectivity index (χ1v) is 12.4.